The van der Waals surface area contributed by atoms with Crippen molar-refractivity contribution in [3.8, 4) is 11.6 Å². The lowest BCUT2D eigenvalue weighted by molar-refractivity contribution is -0.143. The molecule has 2 aliphatic heterocycles. The van der Waals surface area contributed by atoms with Crippen LogP contribution in [0.4, 0.5) is 13.6 Å². The van der Waals surface area contributed by atoms with Gasteiger partial charge >= 0.3 is 6.09 Å². The average Bonchev–Trinajstić information content (AvgIpc) is 4.09. The second-order valence-corrected chi connectivity index (χ2v) is 18.9. The predicted molar refractivity (Wildman–Crippen MR) is 211 cm³/mol. The Kier molecular flexibility index (Phi) is 12.8. The summed E-state index contributed by atoms with van der Waals surface area (Å²) in [5.41, 5.74) is -0.477. The second kappa shape index (κ2) is 17.7. The molecule has 0 radical (unpaired) electrons. The van der Waals surface area contributed by atoms with Crippen molar-refractivity contribution in [2.24, 2.45) is 17.8 Å². The molecule has 0 unspecified atom stereocenters. The van der Waals surface area contributed by atoms with Crippen LogP contribution in [0.15, 0.2) is 18.2 Å². The van der Waals surface area contributed by atoms with E-state index in [1.807, 2.05) is 17.7 Å². The highest BCUT2D eigenvalue weighted by Gasteiger charge is 2.67. The van der Waals surface area contributed by atoms with Crippen molar-refractivity contribution in [3.05, 3.63) is 23.9 Å². The van der Waals surface area contributed by atoms with E-state index < -0.39 is 93.6 Å². The Morgan fingerprint density at radius 2 is 1.71 bits per heavy atom. The molecule has 1 saturated heterocycles. The van der Waals surface area contributed by atoms with Crippen LogP contribution in [0, 0.1) is 17.8 Å². The van der Waals surface area contributed by atoms with E-state index in [0.717, 1.165) is 44.9 Å². The fourth-order valence-corrected chi connectivity index (χ4v) is 10.5. The topological polar surface area (TPSA) is 195 Å². The molecule has 324 valence electrons. The van der Waals surface area contributed by atoms with E-state index in [0.29, 0.717) is 61.0 Å². The van der Waals surface area contributed by atoms with Crippen molar-refractivity contribution < 1.29 is 50.6 Å². The number of amides is 4. The summed E-state index contributed by atoms with van der Waals surface area (Å²) in [6.07, 6.45) is 3.93. The zero-order chi connectivity index (χ0) is 42.1. The van der Waals surface area contributed by atoms with Gasteiger partial charge in [0.05, 0.1) is 35.9 Å². The minimum Gasteiger partial charge on any atom is -0.497 e. The smallest absolute Gasteiger partial charge is 0.408 e. The summed E-state index contributed by atoms with van der Waals surface area (Å²) >= 11 is 0. The zero-order valence-corrected chi connectivity index (χ0v) is 34.7. The maximum atomic E-state index is 15.0. The van der Waals surface area contributed by atoms with Gasteiger partial charge in [-0.15, -0.1) is 0 Å². The Hall–Kier alpha value is -4.35. The van der Waals surface area contributed by atoms with Gasteiger partial charge in [-0.1, -0.05) is 39.0 Å². The van der Waals surface area contributed by atoms with E-state index in [4.69, 9.17) is 24.2 Å². The van der Waals surface area contributed by atoms with Crippen molar-refractivity contribution in [3.63, 3.8) is 0 Å². The maximum absolute atomic E-state index is 15.0. The Morgan fingerprint density at radius 1 is 1.00 bits per heavy atom. The van der Waals surface area contributed by atoms with E-state index in [-0.39, 0.29) is 24.8 Å². The van der Waals surface area contributed by atoms with Gasteiger partial charge in [0.15, 0.2) is 0 Å². The Labute approximate surface area is 343 Å². The Morgan fingerprint density at radius 3 is 2.39 bits per heavy atom. The third-order valence-corrected chi connectivity index (χ3v) is 14.6. The van der Waals surface area contributed by atoms with Gasteiger partial charge in [0, 0.05) is 12.0 Å². The first-order valence-corrected chi connectivity index (χ1v) is 22.7. The van der Waals surface area contributed by atoms with E-state index in [1.54, 1.807) is 26.2 Å². The highest BCUT2D eigenvalue weighted by Crippen LogP contribution is 2.49. The zero-order valence-electron chi connectivity index (χ0n) is 33.9. The van der Waals surface area contributed by atoms with Crippen LogP contribution in [0.2, 0.25) is 0 Å². The lowest BCUT2D eigenvalue weighted by Crippen LogP contribution is -2.60. The molecule has 1 aromatic carbocycles. The van der Waals surface area contributed by atoms with E-state index >= 15 is 0 Å². The number of nitrogens with one attached hydrogen (secondary N) is 3. The molecule has 7 rings (SSSR count). The standard InChI is InChI=1S/C41H56F2N6O9S/c1-4-27-32-22-49(34(27)36(50)47-41(21-28(41)35(42)43)39(52)48-59(54,55)26-17-18-26)38(51)33(24-13-10-11-14-24)46-40(53)57-23(2)12-8-6-5-7-9-15-30-37(58-32)45-31-20-25(56-3)16-19-29(31)44-30/h16,19-20,23-24,26-28,32-35H,4-15,17-18,21-22H2,1-3H3,(H,46,53)(H,47,50)(H,48,52)/t23-,27+,28-,32-,33-,34-,41+/m0/s1. The number of hydrogen-bond donors (Lipinski definition) is 3. The largest absolute Gasteiger partial charge is 0.497 e. The van der Waals surface area contributed by atoms with Crippen LogP contribution < -0.4 is 24.8 Å². The molecule has 3 N–H and O–H groups in total. The third kappa shape index (κ3) is 9.36. The van der Waals surface area contributed by atoms with Crippen molar-refractivity contribution in [1.29, 1.82) is 0 Å². The van der Waals surface area contributed by atoms with Gasteiger partial charge in [-0.05, 0) is 89.2 Å². The quantitative estimate of drug-likeness (QED) is 0.310. The van der Waals surface area contributed by atoms with Gasteiger partial charge in [0.2, 0.25) is 34.1 Å². The number of nitrogens with zero attached hydrogens (tertiary/aromatic N) is 3. The maximum Gasteiger partial charge on any atom is 0.408 e. The first kappa shape index (κ1) is 42.8. The number of alkyl carbamates (subject to hydrolysis) is 1. The molecule has 3 heterocycles. The average molecular weight is 847 g/mol. The lowest BCUT2D eigenvalue weighted by Gasteiger charge is -2.33. The van der Waals surface area contributed by atoms with Gasteiger partial charge in [-0.3, -0.25) is 19.1 Å². The van der Waals surface area contributed by atoms with E-state index in [2.05, 4.69) is 10.6 Å². The number of sulfonamides is 1. The number of carbonyl (C=O) groups excluding carboxylic acids is 4. The van der Waals surface area contributed by atoms with Crippen molar-refractivity contribution in [1.82, 2.24) is 30.2 Å². The summed E-state index contributed by atoms with van der Waals surface area (Å²) < 4.78 is 74.1. The molecule has 4 amide bonds. The number of methoxy groups -OCH3 is 1. The summed E-state index contributed by atoms with van der Waals surface area (Å²) in [4.78, 5) is 67.9. The number of ether oxygens (including phenoxy) is 3. The predicted octanol–water partition coefficient (Wildman–Crippen LogP) is 4.94. The first-order chi connectivity index (χ1) is 28.2. The molecule has 3 aliphatic carbocycles. The van der Waals surface area contributed by atoms with Crippen LogP contribution in [-0.2, 0) is 35.6 Å². The first-order valence-electron chi connectivity index (χ1n) is 21.2. The minimum absolute atomic E-state index is 0.142. The van der Waals surface area contributed by atoms with Gasteiger partial charge < -0.3 is 29.7 Å². The van der Waals surface area contributed by atoms with Gasteiger partial charge in [-0.25, -0.2) is 32.0 Å². The molecule has 5 aliphatic rings. The van der Waals surface area contributed by atoms with Crippen LogP contribution in [0.5, 0.6) is 11.6 Å². The number of benzene rings is 1. The molecule has 7 atom stereocenters. The number of fused-ring (bicyclic) bond motifs is 4. The molecular formula is C41H56F2N6O9S. The summed E-state index contributed by atoms with van der Waals surface area (Å²) in [5.74, 6) is -4.60. The van der Waals surface area contributed by atoms with Crippen molar-refractivity contribution in [2.45, 2.75) is 152 Å². The third-order valence-electron chi connectivity index (χ3n) is 12.8. The van der Waals surface area contributed by atoms with Crippen LogP contribution in [0.1, 0.15) is 109 Å². The second-order valence-electron chi connectivity index (χ2n) is 17.0. The van der Waals surface area contributed by atoms with Gasteiger partial charge in [-0.2, -0.15) is 0 Å². The van der Waals surface area contributed by atoms with E-state index in [1.165, 1.54) is 4.90 Å². The summed E-state index contributed by atoms with van der Waals surface area (Å²) in [7, 11) is -2.60. The van der Waals surface area contributed by atoms with Crippen LogP contribution >= 0.6 is 0 Å². The number of aryl methyl sites for hydroxylation is 1. The molecule has 2 aromatic rings. The number of alkyl halides is 2. The monoisotopic (exact) mass is 846 g/mol. The number of carbonyl (C=O) groups is 4. The SMILES string of the molecule is CC[C@@H]1[C@@H]2CN(C(=O)[C@H](C3CCCC3)NC(=O)O[C@@H](C)CCCCCCCc3nc4ccc(OC)cc4nc3O2)[C@@H]1C(=O)N[C@]1(C(=O)NS(=O)(=O)C2CC2)C[C@H]1C(F)F. The van der Waals surface area contributed by atoms with E-state index in [9.17, 15) is 36.4 Å². The highest BCUT2D eigenvalue weighted by atomic mass is 32.2. The molecule has 59 heavy (non-hydrogen) atoms. The summed E-state index contributed by atoms with van der Waals surface area (Å²) in [6.45, 7) is 3.47. The minimum atomic E-state index is -4.14. The number of halogens is 2. The number of hydrogen-bond acceptors (Lipinski definition) is 11. The molecule has 0 spiro atoms. The highest BCUT2D eigenvalue weighted by molar-refractivity contribution is 7.91. The fraction of sp³-hybridized carbons (Fsp3) is 0.707. The number of aromatic nitrogens is 2. The molecular weight excluding hydrogens is 791 g/mol. The molecule has 2 bridgehead atoms. The van der Waals surface area contributed by atoms with Crippen LogP contribution in [0.25, 0.3) is 11.0 Å². The van der Waals surface area contributed by atoms with Crippen molar-refractivity contribution in [2.75, 3.05) is 13.7 Å². The molecule has 18 heteroatoms. The van der Waals surface area contributed by atoms with Crippen molar-refractivity contribution >= 4 is 44.9 Å². The van der Waals surface area contributed by atoms with Gasteiger partial charge in [0.1, 0.15) is 41.3 Å². The molecule has 4 fully saturated rings. The summed E-state index contributed by atoms with van der Waals surface area (Å²) in [6, 6.07) is 2.91. The lowest BCUT2D eigenvalue weighted by atomic mass is 9.92. The number of rotatable bonds is 9. The molecule has 15 nitrogen and oxygen atoms in total. The van der Waals surface area contributed by atoms with Gasteiger partial charge in [0.25, 0.3) is 5.91 Å². The Bertz CT molecular complexity index is 2020. The van der Waals surface area contributed by atoms with Crippen LogP contribution in [0.3, 0.4) is 0 Å². The van der Waals surface area contributed by atoms with Crippen LogP contribution in [-0.4, -0.2) is 102 Å². The Balaban J connectivity index is 1.27. The number of cyclic esters (lactones) is 1. The normalized spacial score (nSPS) is 30.0. The molecule has 3 saturated carbocycles. The molecule has 1 aromatic heterocycles. The fourth-order valence-electron chi connectivity index (χ4n) is 9.17. The summed E-state index contributed by atoms with van der Waals surface area (Å²) in [5, 5.41) is 4.55.